The van der Waals surface area contributed by atoms with E-state index in [4.69, 9.17) is 5.11 Å². The van der Waals surface area contributed by atoms with E-state index in [2.05, 4.69) is 18.7 Å². The van der Waals surface area contributed by atoms with Crippen molar-refractivity contribution in [3.05, 3.63) is 29.3 Å². The van der Waals surface area contributed by atoms with Crippen LogP contribution in [0.25, 0.3) is 0 Å². The van der Waals surface area contributed by atoms with Crippen LogP contribution >= 0.6 is 0 Å². The highest BCUT2D eigenvalue weighted by atomic mass is 16.4. The van der Waals surface area contributed by atoms with Crippen molar-refractivity contribution in [2.75, 3.05) is 11.4 Å². The van der Waals surface area contributed by atoms with E-state index in [9.17, 15) is 4.79 Å². The van der Waals surface area contributed by atoms with Gasteiger partial charge < -0.3 is 10.0 Å². The summed E-state index contributed by atoms with van der Waals surface area (Å²) < 4.78 is 0. The number of hydrogen-bond donors (Lipinski definition) is 1. The van der Waals surface area contributed by atoms with Crippen molar-refractivity contribution in [2.45, 2.75) is 26.3 Å². The fourth-order valence-corrected chi connectivity index (χ4v) is 2.10. The molecule has 1 aromatic carbocycles. The van der Waals surface area contributed by atoms with Gasteiger partial charge in [-0.15, -0.1) is 0 Å². The van der Waals surface area contributed by atoms with Crippen molar-refractivity contribution in [3.63, 3.8) is 0 Å². The molecule has 1 aliphatic rings. The molecule has 80 valence electrons. The van der Waals surface area contributed by atoms with Crippen molar-refractivity contribution in [1.82, 2.24) is 0 Å². The van der Waals surface area contributed by atoms with Crippen LogP contribution in [0.5, 0.6) is 0 Å². The molecule has 0 radical (unpaired) electrons. The fourth-order valence-electron chi connectivity index (χ4n) is 2.10. The minimum Gasteiger partial charge on any atom is -0.478 e. The first-order valence-corrected chi connectivity index (χ1v) is 5.22. The Hall–Kier alpha value is -1.51. The van der Waals surface area contributed by atoms with Crippen LogP contribution in [0.4, 0.5) is 5.69 Å². The van der Waals surface area contributed by atoms with Gasteiger partial charge in [0.05, 0.1) is 5.56 Å². The van der Waals surface area contributed by atoms with Crippen molar-refractivity contribution < 1.29 is 9.90 Å². The van der Waals surface area contributed by atoms with Gasteiger partial charge in [0.25, 0.3) is 0 Å². The van der Waals surface area contributed by atoms with Gasteiger partial charge in [0.15, 0.2) is 0 Å². The van der Waals surface area contributed by atoms with Crippen LogP contribution in [0.15, 0.2) is 18.2 Å². The SMILES string of the molecule is CC(C)N1CCc2cc(C(=O)O)ccc21. The molecule has 2 rings (SSSR count). The maximum Gasteiger partial charge on any atom is 0.335 e. The number of nitrogens with zero attached hydrogens (tertiary/aromatic N) is 1. The fraction of sp³-hybridized carbons (Fsp3) is 0.417. The quantitative estimate of drug-likeness (QED) is 0.804. The Morgan fingerprint density at radius 2 is 2.20 bits per heavy atom. The second kappa shape index (κ2) is 3.57. The van der Waals surface area contributed by atoms with E-state index in [0.29, 0.717) is 11.6 Å². The van der Waals surface area contributed by atoms with E-state index in [1.54, 1.807) is 12.1 Å². The van der Waals surface area contributed by atoms with Crippen LogP contribution in [-0.2, 0) is 6.42 Å². The highest BCUT2D eigenvalue weighted by molar-refractivity contribution is 5.88. The number of hydrogen-bond acceptors (Lipinski definition) is 2. The largest absolute Gasteiger partial charge is 0.478 e. The van der Waals surface area contributed by atoms with Crippen LogP contribution in [0.2, 0.25) is 0 Å². The van der Waals surface area contributed by atoms with Gasteiger partial charge >= 0.3 is 5.97 Å². The molecule has 0 saturated carbocycles. The summed E-state index contributed by atoms with van der Waals surface area (Å²) in [6, 6.07) is 5.87. The summed E-state index contributed by atoms with van der Waals surface area (Å²) in [5, 5.41) is 8.88. The first-order valence-electron chi connectivity index (χ1n) is 5.22. The van der Waals surface area contributed by atoms with Crippen LogP contribution < -0.4 is 4.90 Å². The van der Waals surface area contributed by atoms with Gasteiger partial charge in [-0.05, 0) is 44.0 Å². The van der Waals surface area contributed by atoms with Gasteiger partial charge in [0.2, 0.25) is 0 Å². The molecule has 0 amide bonds. The Morgan fingerprint density at radius 1 is 1.47 bits per heavy atom. The number of rotatable bonds is 2. The summed E-state index contributed by atoms with van der Waals surface area (Å²) in [6.45, 7) is 5.30. The summed E-state index contributed by atoms with van der Waals surface area (Å²) in [6.07, 6.45) is 0.953. The normalized spacial score (nSPS) is 14.5. The van der Waals surface area contributed by atoms with Gasteiger partial charge in [-0.2, -0.15) is 0 Å². The number of benzene rings is 1. The van der Waals surface area contributed by atoms with Crippen molar-refractivity contribution in [1.29, 1.82) is 0 Å². The van der Waals surface area contributed by atoms with E-state index in [1.165, 1.54) is 5.69 Å². The monoisotopic (exact) mass is 205 g/mol. The summed E-state index contributed by atoms with van der Waals surface area (Å²) in [5.74, 6) is -0.846. The van der Waals surface area contributed by atoms with Crippen molar-refractivity contribution in [2.24, 2.45) is 0 Å². The number of anilines is 1. The molecular formula is C12H15NO2. The molecular weight excluding hydrogens is 190 g/mol. The third-order valence-corrected chi connectivity index (χ3v) is 2.88. The first-order chi connectivity index (χ1) is 7.09. The van der Waals surface area contributed by atoms with E-state index < -0.39 is 5.97 Å². The van der Waals surface area contributed by atoms with Crippen LogP contribution in [0, 0.1) is 0 Å². The van der Waals surface area contributed by atoms with Gasteiger partial charge in [0.1, 0.15) is 0 Å². The maximum absolute atomic E-state index is 10.8. The molecule has 0 aliphatic carbocycles. The highest BCUT2D eigenvalue weighted by Crippen LogP contribution is 2.30. The van der Waals surface area contributed by atoms with Gasteiger partial charge in [-0.3, -0.25) is 0 Å². The van der Waals surface area contributed by atoms with E-state index in [0.717, 1.165) is 18.5 Å². The zero-order valence-corrected chi connectivity index (χ0v) is 9.03. The predicted octanol–water partition coefficient (Wildman–Crippen LogP) is 2.16. The molecule has 0 bridgehead atoms. The molecule has 1 heterocycles. The smallest absolute Gasteiger partial charge is 0.335 e. The second-order valence-corrected chi connectivity index (χ2v) is 4.19. The van der Waals surface area contributed by atoms with E-state index >= 15 is 0 Å². The lowest BCUT2D eigenvalue weighted by Crippen LogP contribution is -2.28. The average molecular weight is 205 g/mol. The maximum atomic E-state index is 10.8. The van der Waals surface area contributed by atoms with Gasteiger partial charge in [-0.1, -0.05) is 0 Å². The minimum atomic E-state index is -0.846. The second-order valence-electron chi connectivity index (χ2n) is 4.19. The molecule has 0 fully saturated rings. The zero-order chi connectivity index (χ0) is 11.0. The van der Waals surface area contributed by atoms with Crippen LogP contribution in [0.3, 0.4) is 0 Å². The summed E-state index contributed by atoms with van der Waals surface area (Å²) in [7, 11) is 0. The molecule has 1 aliphatic heterocycles. The molecule has 0 aromatic heterocycles. The summed E-state index contributed by atoms with van der Waals surface area (Å²) in [5.41, 5.74) is 2.73. The van der Waals surface area contributed by atoms with Gasteiger partial charge in [0, 0.05) is 18.3 Å². The number of aromatic carboxylic acids is 1. The van der Waals surface area contributed by atoms with Gasteiger partial charge in [-0.25, -0.2) is 4.79 Å². The lowest BCUT2D eigenvalue weighted by Gasteiger charge is -2.23. The van der Waals surface area contributed by atoms with Crippen LogP contribution in [-0.4, -0.2) is 23.7 Å². The number of carboxylic acid groups (broad SMARTS) is 1. The van der Waals surface area contributed by atoms with Crippen molar-refractivity contribution in [3.8, 4) is 0 Å². The highest BCUT2D eigenvalue weighted by Gasteiger charge is 2.21. The Bertz CT molecular complexity index is 399. The predicted molar refractivity (Wildman–Crippen MR) is 59.6 cm³/mol. The van der Waals surface area contributed by atoms with Crippen molar-refractivity contribution >= 4 is 11.7 Å². The molecule has 15 heavy (non-hydrogen) atoms. The first kappa shape index (κ1) is 10.0. The van der Waals surface area contributed by atoms with E-state index in [-0.39, 0.29) is 0 Å². The average Bonchev–Trinajstić information content (AvgIpc) is 2.59. The third-order valence-electron chi connectivity index (χ3n) is 2.88. The lowest BCUT2D eigenvalue weighted by atomic mass is 10.1. The topological polar surface area (TPSA) is 40.5 Å². The molecule has 0 spiro atoms. The Balaban J connectivity index is 2.37. The molecule has 3 heteroatoms. The third kappa shape index (κ3) is 1.69. The Labute approximate surface area is 89.3 Å². The number of carbonyl (C=O) groups is 1. The minimum absolute atomic E-state index is 0.388. The lowest BCUT2D eigenvalue weighted by molar-refractivity contribution is 0.0697. The number of carboxylic acids is 1. The molecule has 3 nitrogen and oxygen atoms in total. The molecule has 1 aromatic rings. The standard InChI is InChI=1S/C12H15NO2/c1-8(2)13-6-5-9-7-10(12(14)15)3-4-11(9)13/h3-4,7-8H,5-6H2,1-2H3,(H,14,15). The zero-order valence-electron chi connectivity index (χ0n) is 9.03. The summed E-state index contributed by atoms with van der Waals surface area (Å²) >= 11 is 0. The summed E-state index contributed by atoms with van der Waals surface area (Å²) in [4.78, 5) is 13.1. The number of fused-ring (bicyclic) bond motifs is 1. The van der Waals surface area contributed by atoms with E-state index in [1.807, 2.05) is 6.07 Å². The molecule has 1 N–H and O–H groups in total. The molecule has 0 unspecified atom stereocenters. The Morgan fingerprint density at radius 3 is 2.80 bits per heavy atom. The molecule has 0 atom stereocenters. The Kier molecular flexibility index (Phi) is 2.39. The molecule has 0 saturated heterocycles. The van der Waals surface area contributed by atoms with Crippen LogP contribution in [0.1, 0.15) is 29.8 Å².